The van der Waals surface area contributed by atoms with Crippen LogP contribution in [0.3, 0.4) is 0 Å². The number of benzene rings is 1. The molecule has 0 atom stereocenters. The predicted octanol–water partition coefficient (Wildman–Crippen LogP) is 4.12. The van der Waals surface area contributed by atoms with Gasteiger partial charge in [-0.3, -0.25) is 15.1 Å². The van der Waals surface area contributed by atoms with Crippen molar-refractivity contribution in [3.05, 3.63) is 36.5 Å². The highest BCUT2D eigenvalue weighted by Gasteiger charge is 2.51. The van der Waals surface area contributed by atoms with Crippen LogP contribution >= 0.6 is 11.8 Å². The van der Waals surface area contributed by atoms with Gasteiger partial charge < -0.3 is 5.32 Å². The Morgan fingerprint density at radius 2 is 1.71 bits per heavy atom. The molecule has 0 aliphatic heterocycles. The molecular formula is C22H25N3O2S. The second kappa shape index (κ2) is 7.07. The van der Waals surface area contributed by atoms with Gasteiger partial charge in [0.05, 0.1) is 11.3 Å². The molecule has 4 fully saturated rings. The summed E-state index contributed by atoms with van der Waals surface area (Å²) in [6, 6.07) is 9.46. The van der Waals surface area contributed by atoms with E-state index >= 15 is 0 Å². The molecule has 0 spiro atoms. The van der Waals surface area contributed by atoms with E-state index < -0.39 is 0 Å². The number of aromatic nitrogens is 1. The molecule has 4 saturated carbocycles. The van der Waals surface area contributed by atoms with Crippen LogP contribution < -0.4 is 10.6 Å². The number of urea groups is 1. The summed E-state index contributed by atoms with van der Waals surface area (Å²) in [7, 11) is 0. The maximum atomic E-state index is 12.5. The second-order valence-electron chi connectivity index (χ2n) is 8.82. The molecule has 2 aromatic rings. The van der Waals surface area contributed by atoms with Gasteiger partial charge in [-0.05, 0) is 68.4 Å². The smallest absolute Gasteiger partial charge is 0.321 e. The van der Waals surface area contributed by atoms with E-state index in [0.29, 0.717) is 0 Å². The minimum atomic E-state index is -0.327. The zero-order valence-electron chi connectivity index (χ0n) is 15.8. The van der Waals surface area contributed by atoms with Crippen LogP contribution in [0, 0.1) is 17.8 Å². The number of fused-ring (bicyclic) bond motifs is 1. The van der Waals surface area contributed by atoms with Crippen molar-refractivity contribution in [3.63, 3.8) is 0 Å². The number of nitrogens with zero attached hydrogens (tertiary/aromatic N) is 1. The fourth-order valence-corrected chi connectivity index (χ4v) is 6.88. The summed E-state index contributed by atoms with van der Waals surface area (Å²) in [6.45, 7) is 0. The van der Waals surface area contributed by atoms with Gasteiger partial charge in [-0.15, -0.1) is 11.8 Å². The summed E-state index contributed by atoms with van der Waals surface area (Å²) < 4.78 is 0. The molecule has 0 radical (unpaired) electrons. The number of carbonyl (C=O) groups is 2. The Kier molecular flexibility index (Phi) is 4.54. The molecule has 6 heteroatoms. The number of hydrogen-bond acceptors (Lipinski definition) is 4. The van der Waals surface area contributed by atoms with Crippen LogP contribution in [-0.4, -0.2) is 28.2 Å². The average molecular weight is 396 g/mol. The lowest BCUT2D eigenvalue weighted by molar-refractivity contribution is -0.117. The molecule has 6 rings (SSSR count). The number of amides is 3. The molecule has 4 aliphatic rings. The molecule has 4 aliphatic carbocycles. The second-order valence-corrected chi connectivity index (χ2v) is 9.83. The SMILES string of the molecule is O=C(CSc1ccnc2ccccc12)NC(=O)NC12CC3CC(CC(C3)C1)C2. The number of nitrogens with one attached hydrogen (secondary N) is 2. The largest absolute Gasteiger partial charge is 0.332 e. The van der Waals surface area contributed by atoms with Crippen molar-refractivity contribution in [2.24, 2.45) is 17.8 Å². The van der Waals surface area contributed by atoms with Crippen molar-refractivity contribution in [1.29, 1.82) is 0 Å². The third kappa shape index (κ3) is 3.50. The van der Waals surface area contributed by atoms with E-state index in [-0.39, 0.29) is 23.2 Å². The van der Waals surface area contributed by atoms with Gasteiger partial charge in [0.1, 0.15) is 0 Å². The van der Waals surface area contributed by atoms with Crippen molar-refractivity contribution < 1.29 is 9.59 Å². The van der Waals surface area contributed by atoms with E-state index in [4.69, 9.17) is 0 Å². The van der Waals surface area contributed by atoms with Crippen molar-refractivity contribution in [3.8, 4) is 0 Å². The highest BCUT2D eigenvalue weighted by Crippen LogP contribution is 2.55. The number of para-hydroxylation sites is 1. The van der Waals surface area contributed by atoms with Crippen molar-refractivity contribution in [2.45, 2.75) is 49.0 Å². The first kappa shape index (κ1) is 18.0. The van der Waals surface area contributed by atoms with Gasteiger partial charge in [0.2, 0.25) is 5.91 Å². The van der Waals surface area contributed by atoms with E-state index in [1.165, 1.54) is 31.0 Å². The standard InChI is InChI=1S/C22H25N3O2S/c26-20(13-28-19-5-6-23-18-4-2-1-3-17(18)19)24-21(27)25-22-10-14-7-15(11-22)9-16(8-14)12-22/h1-6,14-16H,7-13H2,(H2,24,25,26,27). The van der Waals surface area contributed by atoms with E-state index in [9.17, 15) is 9.59 Å². The third-order valence-electron chi connectivity index (χ3n) is 6.64. The number of rotatable bonds is 4. The Morgan fingerprint density at radius 3 is 2.43 bits per heavy atom. The molecule has 1 heterocycles. The third-order valence-corrected chi connectivity index (χ3v) is 7.71. The number of hydrogen-bond donors (Lipinski definition) is 2. The summed E-state index contributed by atoms with van der Waals surface area (Å²) >= 11 is 1.44. The van der Waals surface area contributed by atoms with E-state index in [0.717, 1.165) is 52.8 Å². The molecule has 146 valence electrons. The molecule has 5 nitrogen and oxygen atoms in total. The normalized spacial score (nSPS) is 30.4. The number of carbonyl (C=O) groups excluding carboxylic acids is 2. The number of imide groups is 1. The Morgan fingerprint density at radius 1 is 1.04 bits per heavy atom. The van der Waals surface area contributed by atoms with Gasteiger partial charge in [-0.2, -0.15) is 0 Å². The maximum absolute atomic E-state index is 12.5. The highest BCUT2D eigenvalue weighted by molar-refractivity contribution is 8.00. The molecule has 2 N–H and O–H groups in total. The fraction of sp³-hybridized carbons (Fsp3) is 0.500. The average Bonchev–Trinajstić information content (AvgIpc) is 2.64. The molecule has 1 aromatic heterocycles. The van der Waals surface area contributed by atoms with Gasteiger partial charge in [-0.25, -0.2) is 4.79 Å². The van der Waals surface area contributed by atoms with Crippen molar-refractivity contribution in [2.75, 3.05) is 5.75 Å². The molecule has 1 aromatic carbocycles. The lowest BCUT2D eigenvalue weighted by Gasteiger charge is -2.56. The number of thioether (sulfide) groups is 1. The Labute approximate surface area is 169 Å². The van der Waals surface area contributed by atoms with E-state index in [2.05, 4.69) is 15.6 Å². The number of pyridine rings is 1. The summed E-state index contributed by atoms with van der Waals surface area (Å²) in [5.41, 5.74) is 0.834. The van der Waals surface area contributed by atoms with Crippen LogP contribution in [-0.2, 0) is 4.79 Å². The maximum Gasteiger partial charge on any atom is 0.321 e. The zero-order valence-corrected chi connectivity index (χ0v) is 16.6. The topological polar surface area (TPSA) is 71.1 Å². The minimum absolute atomic E-state index is 0.0758. The van der Waals surface area contributed by atoms with Gasteiger partial charge in [-0.1, -0.05) is 18.2 Å². The van der Waals surface area contributed by atoms with Crippen LogP contribution in [0.15, 0.2) is 41.4 Å². The summed E-state index contributed by atoms with van der Waals surface area (Å²) in [5.74, 6) is 2.24. The Balaban J connectivity index is 1.18. The van der Waals surface area contributed by atoms with E-state index in [1.54, 1.807) is 6.20 Å². The Bertz CT molecular complexity index is 888. The summed E-state index contributed by atoms with van der Waals surface area (Å²) in [6.07, 6.45) is 8.99. The first-order valence-electron chi connectivity index (χ1n) is 10.2. The fourth-order valence-electron chi connectivity index (χ4n) is 6.04. The molecule has 4 bridgehead atoms. The van der Waals surface area contributed by atoms with Gasteiger partial charge in [0.15, 0.2) is 0 Å². The highest BCUT2D eigenvalue weighted by atomic mass is 32.2. The molecular weight excluding hydrogens is 370 g/mol. The van der Waals surface area contributed by atoms with Gasteiger partial charge >= 0.3 is 6.03 Å². The van der Waals surface area contributed by atoms with Crippen LogP contribution in [0.4, 0.5) is 4.79 Å². The zero-order chi connectivity index (χ0) is 19.1. The van der Waals surface area contributed by atoms with Crippen LogP contribution in [0.5, 0.6) is 0 Å². The molecule has 3 amide bonds. The van der Waals surface area contributed by atoms with E-state index in [1.807, 2.05) is 30.3 Å². The van der Waals surface area contributed by atoms with Crippen LogP contribution in [0.25, 0.3) is 10.9 Å². The predicted molar refractivity (Wildman–Crippen MR) is 110 cm³/mol. The Hall–Kier alpha value is -2.08. The van der Waals surface area contributed by atoms with Gasteiger partial charge in [0, 0.05) is 22.0 Å². The van der Waals surface area contributed by atoms with Crippen LogP contribution in [0.2, 0.25) is 0 Å². The summed E-state index contributed by atoms with van der Waals surface area (Å²) in [4.78, 5) is 30.2. The van der Waals surface area contributed by atoms with Crippen molar-refractivity contribution >= 4 is 34.6 Å². The monoisotopic (exact) mass is 395 g/mol. The molecule has 0 saturated heterocycles. The van der Waals surface area contributed by atoms with Gasteiger partial charge in [0.25, 0.3) is 0 Å². The first-order chi connectivity index (χ1) is 13.6. The summed E-state index contributed by atoms with van der Waals surface area (Å²) in [5, 5.41) is 6.77. The van der Waals surface area contributed by atoms with Crippen molar-refractivity contribution in [1.82, 2.24) is 15.6 Å². The lowest BCUT2D eigenvalue weighted by Crippen LogP contribution is -2.61. The lowest BCUT2D eigenvalue weighted by atomic mass is 9.53. The molecule has 28 heavy (non-hydrogen) atoms. The quantitative estimate of drug-likeness (QED) is 0.764. The minimum Gasteiger partial charge on any atom is -0.332 e. The first-order valence-corrected chi connectivity index (χ1v) is 11.2. The van der Waals surface area contributed by atoms with Crippen LogP contribution in [0.1, 0.15) is 38.5 Å². The molecule has 0 unspecified atom stereocenters.